The van der Waals surface area contributed by atoms with Gasteiger partial charge < -0.3 is 4.74 Å². The lowest BCUT2D eigenvalue weighted by Crippen LogP contribution is -2.40. The van der Waals surface area contributed by atoms with E-state index >= 15 is 0 Å². The molecule has 2 fully saturated rings. The Morgan fingerprint density at radius 2 is 1.89 bits per heavy atom. The molecule has 0 radical (unpaired) electrons. The van der Waals surface area contributed by atoms with Crippen LogP contribution in [0.15, 0.2) is 30.3 Å². The van der Waals surface area contributed by atoms with E-state index in [1.165, 1.54) is 5.56 Å². The van der Waals surface area contributed by atoms with Crippen molar-refractivity contribution in [3.8, 4) is 0 Å². The van der Waals surface area contributed by atoms with Crippen LogP contribution in [-0.4, -0.2) is 37.0 Å². The molecule has 3 heteroatoms. The van der Waals surface area contributed by atoms with E-state index in [0.29, 0.717) is 18.1 Å². The second kappa shape index (κ2) is 5.85. The predicted molar refractivity (Wildman–Crippen MR) is 73.9 cm³/mol. The molecule has 1 saturated heterocycles. The Hall–Kier alpha value is -1.19. The van der Waals surface area contributed by atoms with Crippen molar-refractivity contribution >= 4 is 5.78 Å². The maximum absolute atomic E-state index is 12.2. The molecule has 19 heavy (non-hydrogen) atoms. The summed E-state index contributed by atoms with van der Waals surface area (Å²) in [5.41, 5.74) is 1.26. The molecule has 0 spiro atoms. The lowest BCUT2D eigenvalue weighted by molar-refractivity contribution is -0.122. The van der Waals surface area contributed by atoms with Gasteiger partial charge in [-0.1, -0.05) is 30.3 Å². The molecule has 1 aromatic rings. The number of rotatable bonds is 5. The number of ketones is 1. The fraction of sp³-hybridized carbons (Fsp3) is 0.562. The molecule has 3 rings (SSSR count). The number of ether oxygens (including phenoxy) is 1. The highest BCUT2D eigenvalue weighted by Crippen LogP contribution is 2.35. The molecule has 102 valence electrons. The van der Waals surface area contributed by atoms with E-state index < -0.39 is 0 Å². The second-order valence-corrected chi connectivity index (χ2v) is 5.52. The Labute approximate surface area is 114 Å². The molecule has 1 aliphatic carbocycles. The average molecular weight is 259 g/mol. The summed E-state index contributed by atoms with van der Waals surface area (Å²) in [6, 6.07) is 10.7. The van der Waals surface area contributed by atoms with E-state index in [4.69, 9.17) is 4.74 Å². The van der Waals surface area contributed by atoms with Crippen molar-refractivity contribution in [3.63, 3.8) is 0 Å². The molecule has 0 bridgehead atoms. The summed E-state index contributed by atoms with van der Waals surface area (Å²) in [4.78, 5) is 14.6. The minimum Gasteiger partial charge on any atom is -0.379 e. The Morgan fingerprint density at radius 3 is 2.53 bits per heavy atom. The SMILES string of the molecule is O=C(CC(c1ccccc1)N1CCOCC1)C1CC1. The van der Waals surface area contributed by atoms with Gasteiger partial charge in [-0.2, -0.15) is 0 Å². The van der Waals surface area contributed by atoms with Crippen LogP contribution in [0, 0.1) is 5.92 Å². The number of benzene rings is 1. The molecule has 0 N–H and O–H groups in total. The number of Topliss-reactive ketones (excluding diaryl/α,β-unsaturated/α-hetero) is 1. The summed E-state index contributed by atoms with van der Waals surface area (Å²) in [6.45, 7) is 3.41. The molecule has 1 saturated carbocycles. The number of nitrogens with zero attached hydrogens (tertiary/aromatic N) is 1. The number of carbonyl (C=O) groups is 1. The third kappa shape index (κ3) is 3.23. The second-order valence-electron chi connectivity index (χ2n) is 5.52. The Morgan fingerprint density at radius 1 is 1.21 bits per heavy atom. The van der Waals surface area contributed by atoms with Crippen LogP contribution in [-0.2, 0) is 9.53 Å². The number of carbonyl (C=O) groups excluding carboxylic acids is 1. The first-order valence-corrected chi connectivity index (χ1v) is 7.24. The topological polar surface area (TPSA) is 29.5 Å². The van der Waals surface area contributed by atoms with Crippen molar-refractivity contribution in [1.29, 1.82) is 0 Å². The lowest BCUT2D eigenvalue weighted by atomic mass is 9.97. The first kappa shape index (κ1) is 12.8. The van der Waals surface area contributed by atoms with E-state index in [2.05, 4.69) is 29.2 Å². The van der Waals surface area contributed by atoms with Crippen LogP contribution in [0.5, 0.6) is 0 Å². The van der Waals surface area contributed by atoms with Crippen molar-refractivity contribution in [2.45, 2.75) is 25.3 Å². The molecular formula is C16H21NO2. The molecular weight excluding hydrogens is 238 g/mol. The van der Waals surface area contributed by atoms with Gasteiger partial charge in [0.15, 0.2) is 0 Å². The summed E-state index contributed by atoms with van der Waals surface area (Å²) >= 11 is 0. The van der Waals surface area contributed by atoms with Crippen molar-refractivity contribution in [1.82, 2.24) is 4.90 Å². The molecule has 1 heterocycles. The summed E-state index contributed by atoms with van der Waals surface area (Å²) < 4.78 is 5.42. The standard InChI is InChI=1S/C16H21NO2/c18-16(14-6-7-14)12-15(13-4-2-1-3-5-13)17-8-10-19-11-9-17/h1-5,14-15H,6-12H2. The number of hydrogen-bond acceptors (Lipinski definition) is 3. The van der Waals surface area contributed by atoms with Crippen LogP contribution in [0.2, 0.25) is 0 Å². The van der Waals surface area contributed by atoms with Gasteiger partial charge in [0.2, 0.25) is 0 Å². The maximum Gasteiger partial charge on any atom is 0.137 e. The Balaban J connectivity index is 1.75. The van der Waals surface area contributed by atoms with Gasteiger partial charge in [-0.3, -0.25) is 9.69 Å². The van der Waals surface area contributed by atoms with Crippen LogP contribution >= 0.6 is 0 Å². The summed E-state index contributed by atoms with van der Waals surface area (Å²) in [6.07, 6.45) is 2.86. The van der Waals surface area contributed by atoms with E-state index in [9.17, 15) is 4.79 Å². The quantitative estimate of drug-likeness (QED) is 0.813. The number of morpholine rings is 1. The monoisotopic (exact) mass is 259 g/mol. The molecule has 2 aliphatic rings. The summed E-state index contributed by atoms with van der Waals surface area (Å²) in [5.74, 6) is 0.799. The van der Waals surface area contributed by atoms with Gasteiger partial charge in [0, 0.05) is 31.5 Å². The molecule has 1 aromatic carbocycles. The summed E-state index contributed by atoms with van der Waals surface area (Å²) in [7, 11) is 0. The van der Waals surface area contributed by atoms with Crippen LogP contribution in [0.4, 0.5) is 0 Å². The fourth-order valence-electron chi connectivity index (χ4n) is 2.78. The van der Waals surface area contributed by atoms with Crippen molar-refractivity contribution in [2.75, 3.05) is 26.3 Å². The average Bonchev–Trinajstić information content (AvgIpc) is 3.31. The van der Waals surface area contributed by atoms with Gasteiger partial charge in [0.05, 0.1) is 13.2 Å². The largest absolute Gasteiger partial charge is 0.379 e. The van der Waals surface area contributed by atoms with Crippen LogP contribution in [0.3, 0.4) is 0 Å². The minimum absolute atomic E-state index is 0.234. The lowest BCUT2D eigenvalue weighted by Gasteiger charge is -2.34. The zero-order valence-electron chi connectivity index (χ0n) is 11.3. The third-order valence-corrected chi connectivity index (χ3v) is 4.10. The smallest absolute Gasteiger partial charge is 0.137 e. The zero-order chi connectivity index (χ0) is 13.1. The first-order chi connectivity index (χ1) is 9.34. The summed E-state index contributed by atoms with van der Waals surface area (Å²) in [5, 5.41) is 0. The van der Waals surface area contributed by atoms with Gasteiger partial charge in [-0.05, 0) is 18.4 Å². The van der Waals surface area contributed by atoms with Gasteiger partial charge in [-0.25, -0.2) is 0 Å². The molecule has 3 nitrogen and oxygen atoms in total. The maximum atomic E-state index is 12.2. The van der Waals surface area contributed by atoms with E-state index in [0.717, 1.165) is 39.1 Å². The molecule has 1 atom stereocenters. The third-order valence-electron chi connectivity index (χ3n) is 4.10. The van der Waals surface area contributed by atoms with E-state index in [-0.39, 0.29) is 6.04 Å². The van der Waals surface area contributed by atoms with Crippen LogP contribution in [0.1, 0.15) is 30.9 Å². The van der Waals surface area contributed by atoms with Crippen molar-refractivity contribution in [2.24, 2.45) is 5.92 Å². The Kier molecular flexibility index (Phi) is 3.95. The highest BCUT2D eigenvalue weighted by molar-refractivity contribution is 5.83. The zero-order valence-corrected chi connectivity index (χ0v) is 11.3. The van der Waals surface area contributed by atoms with Crippen LogP contribution < -0.4 is 0 Å². The molecule has 1 unspecified atom stereocenters. The van der Waals surface area contributed by atoms with E-state index in [1.807, 2.05) is 6.07 Å². The van der Waals surface area contributed by atoms with Gasteiger partial charge in [-0.15, -0.1) is 0 Å². The Bertz CT molecular complexity index is 422. The minimum atomic E-state index is 0.234. The predicted octanol–water partition coefficient (Wildman–Crippen LogP) is 2.43. The van der Waals surface area contributed by atoms with Gasteiger partial charge in [0.1, 0.15) is 5.78 Å². The van der Waals surface area contributed by atoms with E-state index in [1.54, 1.807) is 0 Å². The normalized spacial score (nSPS) is 22.1. The van der Waals surface area contributed by atoms with Crippen molar-refractivity contribution in [3.05, 3.63) is 35.9 Å². The molecule has 0 aromatic heterocycles. The molecule has 0 amide bonds. The highest BCUT2D eigenvalue weighted by Gasteiger charge is 2.33. The number of hydrogen-bond donors (Lipinski definition) is 0. The van der Waals surface area contributed by atoms with Crippen LogP contribution in [0.25, 0.3) is 0 Å². The van der Waals surface area contributed by atoms with Crippen molar-refractivity contribution < 1.29 is 9.53 Å². The van der Waals surface area contributed by atoms with Gasteiger partial charge >= 0.3 is 0 Å². The fourth-order valence-corrected chi connectivity index (χ4v) is 2.78. The van der Waals surface area contributed by atoms with Gasteiger partial charge in [0.25, 0.3) is 0 Å². The molecule has 1 aliphatic heterocycles. The first-order valence-electron chi connectivity index (χ1n) is 7.24. The highest BCUT2D eigenvalue weighted by atomic mass is 16.5.